The molecule has 1 aromatic heterocycles. The van der Waals surface area contributed by atoms with Crippen molar-refractivity contribution in [1.29, 1.82) is 0 Å². The van der Waals surface area contributed by atoms with Crippen molar-refractivity contribution >= 4 is 29.7 Å². The summed E-state index contributed by atoms with van der Waals surface area (Å²) >= 11 is 1.19. The average molecular weight is 285 g/mol. The fourth-order valence-electron chi connectivity index (χ4n) is 1.50. The Labute approximate surface area is 115 Å². The van der Waals surface area contributed by atoms with Crippen molar-refractivity contribution in [2.45, 2.75) is 13.5 Å². The van der Waals surface area contributed by atoms with Gasteiger partial charge in [-0.15, -0.1) is 23.7 Å². The van der Waals surface area contributed by atoms with Crippen molar-refractivity contribution in [3.8, 4) is 10.6 Å². The van der Waals surface area contributed by atoms with Crippen molar-refractivity contribution in [2.24, 2.45) is 5.73 Å². The molecule has 0 amide bonds. The van der Waals surface area contributed by atoms with Crippen LogP contribution in [0.4, 0.5) is 0 Å². The topological polar surface area (TPSA) is 76.2 Å². The van der Waals surface area contributed by atoms with E-state index in [1.807, 2.05) is 24.3 Å². The molecule has 0 fully saturated rings. The van der Waals surface area contributed by atoms with Gasteiger partial charge in [-0.3, -0.25) is 0 Å². The van der Waals surface area contributed by atoms with Crippen molar-refractivity contribution in [3.05, 3.63) is 40.4 Å². The van der Waals surface area contributed by atoms with Gasteiger partial charge in [-0.2, -0.15) is 0 Å². The van der Waals surface area contributed by atoms with E-state index in [0.29, 0.717) is 17.1 Å². The van der Waals surface area contributed by atoms with Crippen LogP contribution in [0.5, 0.6) is 0 Å². The Balaban J connectivity index is 0.00000162. The zero-order chi connectivity index (χ0) is 12.4. The van der Waals surface area contributed by atoms with Crippen LogP contribution in [0.25, 0.3) is 10.6 Å². The van der Waals surface area contributed by atoms with E-state index >= 15 is 0 Å². The normalized spacial score (nSPS) is 9.89. The quantitative estimate of drug-likeness (QED) is 0.908. The van der Waals surface area contributed by atoms with Gasteiger partial charge in [-0.05, 0) is 12.5 Å². The van der Waals surface area contributed by atoms with Crippen LogP contribution < -0.4 is 5.73 Å². The first-order valence-corrected chi connectivity index (χ1v) is 5.93. The molecule has 4 nitrogen and oxygen atoms in total. The number of thiazole rings is 1. The molecule has 0 atom stereocenters. The van der Waals surface area contributed by atoms with Gasteiger partial charge in [0.05, 0.1) is 5.69 Å². The van der Waals surface area contributed by atoms with Gasteiger partial charge in [-0.25, -0.2) is 9.78 Å². The lowest BCUT2D eigenvalue weighted by Gasteiger charge is -1.98. The highest BCUT2D eigenvalue weighted by molar-refractivity contribution is 7.17. The summed E-state index contributed by atoms with van der Waals surface area (Å²) in [4.78, 5) is 15.5. The molecule has 1 aromatic carbocycles. The van der Waals surface area contributed by atoms with E-state index in [2.05, 4.69) is 4.98 Å². The molecule has 2 aromatic rings. The monoisotopic (exact) mass is 284 g/mol. The molecule has 0 radical (unpaired) electrons. The molecule has 96 valence electrons. The molecule has 0 unspecified atom stereocenters. The Morgan fingerprint density at radius 3 is 2.44 bits per heavy atom. The molecule has 0 spiro atoms. The third-order valence-electron chi connectivity index (χ3n) is 2.43. The highest BCUT2D eigenvalue weighted by Crippen LogP contribution is 2.27. The van der Waals surface area contributed by atoms with Crippen LogP contribution in [0.3, 0.4) is 0 Å². The van der Waals surface area contributed by atoms with Gasteiger partial charge in [0.2, 0.25) is 0 Å². The number of halogens is 1. The Hall–Kier alpha value is -1.43. The largest absolute Gasteiger partial charge is 0.477 e. The lowest BCUT2D eigenvalue weighted by Crippen LogP contribution is -1.95. The number of hydrogen-bond acceptors (Lipinski definition) is 4. The average Bonchev–Trinajstić information content (AvgIpc) is 2.71. The van der Waals surface area contributed by atoms with Crippen LogP contribution in [0, 0.1) is 6.92 Å². The fraction of sp³-hybridized carbons (Fsp3) is 0.167. The maximum atomic E-state index is 10.9. The van der Waals surface area contributed by atoms with E-state index in [9.17, 15) is 4.79 Å². The van der Waals surface area contributed by atoms with Gasteiger partial charge in [0.1, 0.15) is 9.88 Å². The van der Waals surface area contributed by atoms with Crippen molar-refractivity contribution in [1.82, 2.24) is 4.98 Å². The lowest BCUT2D eigenvalue weighted by atomic mass is 10.1. The third kappa shape index (κ3) is 2.87. The van der Waals surface area contributed by atoms with Gasteiger partial charge in [-0.1, -0.05) is 24.3 Å². The van der Waals surface area contributed by atoms with Crippen LogP contribution in [0.1, 0.15) is 20.9 Å². The number of carboxylic acid groups (broad SMARTS) is 1. The van der Waals surface area contributed by atoms with Crippen molar-refractivity contribution < 1.29 is 9.90 Å². The van der Waals surface area contributed by atoms with Gasteiger partial charge in [0.25, 0.3) is 0 Å². The molecule has 3 N–H and O–H groups in total. The van der Waals surface area contributed by atoms with Crippen LogP contribution in [0.2, 0.25) is 0 Å². The van der Waals surface area contributed by atoms with E-state index in [1.165, 1.54) is 11.3 Å². The molecule has 0 aliphatic carbocycles. The predicted molar refractivity (Wildman–Crippen MR) is 74.4 cm³/mol. The van der Waals surface area contributed by atoms with E-state index in [0.717, 1.165) is 16.1 Å². The number of nitrogens with zero attached hydrogens (tertiary/aromatic N) is 1. The number of hydrogen-bond donors (Lipinski definition) is 2. The molecule has 0 aliphatic heterocycles. The van der Waals surface area contributed by atoms with Crippen molar-refractivity contribution in [2.75, 3.05) is 0 Å². The summed E-state index contributed by atoms with van der Waals surface area (Å²) in [5.41, 5.74) is 8.03. The zero-order valence-corrected chi connectivity index (χ0v) is 11.3. The number of aromatic nitrogens is 1. The maximum absolute atomic E-state index is 10.9. The summed E-state index contributed by atoms with van der Waals surface area (Å²) in [7, 11) is 0. The molecule has 0 saturated carbocycles. The van der Waals surface area contributed by atoms with Gasteiger partial charge in [0.15, 0.2) is 0 Å². The second-order valence-corrected chi connectivity index (χ2v) is 4.64. The number of rotatable bonds is 3. The van der Waals surface area contributed by atoms with E-state index < -0.39 is 5.97 Å². The molecular formula is C12H13ClN2O2S. The summed E-state index contributed by atoms with van der Waals surface area (Å²) < 4.78 is 0. The minimum absolute atomic E-state index is 0. The van der Waals surface area contributed by atoms with Crippen molar-refractivity contribution in [3.63, 3.8) is 0 Å². The first kappa shape index (κ1) is 14.6. The van der Waals surface area contributed by atoms with E-state index in [-0.39, 0.29) is 12.4 Å². The summed E-state index contributed by atoms with van der Waals surface area (Å²) in [5.74, 6) is -0.926. The first-order valence-electron chi connectivity index (χ1n) is 5.12. The predicted octanol–water partition coefficient (Wildman–Crippen LogP) is 2.70. The highest BCUT2D eigenvalue weighted by Gasteiger charge is 2.14. The molecule has 0 aliphatic rings. The number of nitrogens with two attached hydrogens (primary N) is 1. The number of aryl methyl sites for hydroxylation is 1. The first-order chi connectivity index (χ1) is 8.11. The summed E-state index contributed by atoms with van der Waals surface area (Å²) in [6, 6.07) is 7.66. The number of aromatic carboxylic acids is 1. The highest BCUT2D eigenvalue weighted by atomic mass is 35.5. The Kier molecular flexibility index (Phi) is 4.84. The Bertz CT molecular complexity index is 552. The summed E-state index contributed by atoms with van der Waals surface area (Å²) in [5, 5.41) is 9.69. The molecule has 2 rings (SSSR count). The van der Waals surface area contributed by atoms with Gasteiger partial charge >= 0.3 is 5.97 Å². The Morgan fingerprint density at radius 1 is 1.39 bits per heavy atom. The Morgan fingerprint density at radius 2 is 2.00 bits per heavy atom. The molecular weight excluding hydrogens is 272 g/mol. The van der Waals surface area contributed by atoms with Crippen LogP contribution in [-0.2, 0) is 6.54 Å². The molecule has 0 bridgehead atoms. The minimum atomic E-state index is -0.926. The molecule has 1 heterocycles. The molecule has 0 saturated heterocycles. The zero-order valence-electron chi connectivity index (χ0n) is 9.71. The van der Waals surface area contributed by atoms with Crippen LogP contribution >= 0.6 is 23.7 Å². The van der Waals surface area contributed by atoms with Crippen LogP contribution in [0.15, 0.2) is 24.3 Å². The minimum Gasteiger partial charge on any atom is -0.477 e. The molecule has 6 heteroatoms. The number of carbonyl (C=O) groups is 1. The number of benzene rings is 1. The smallest absolute Gasteiger partial charge is 0.347 e. The standard InChI is InChI=1S/C12H12N2O2S.ClH/c1-7-10(12(15)16)17-11(14-7)9-4-2-8(6-13)3-5-9;/h2-5H,6,13H2,1H3,(H,15,16);1H. The molecule has 18 heavy (non-hydrogen) atoms. The van der Waals surface area contributed by atoms with E-state index in [1.54, 1.807) is 6.92 Å². The van der Waals surface area contributed by atoms with Crippen LogP contribution in [-0.4, -0.2) is 16.1 Å². The summed E-state index contributed by atoms with van der Waals surface area (Å²) in [6.45, 7) is 2.20. The van der Waals surface area contributed by atoms with Gasteiger partial charge in [0, 0.05) is 12.1 Å². The summed E-state index contributed by atoms with van der Waals surface area (Å²) in [6.07, 6.45) is 0. The lowest BCUT2D eigenvalue weighted by molar-refractivity contribution is 0.0701. The maximum Gasteiger partial charge on any atom is 0.347 e. The second-order valence-electron chi connectivity index (χ2n) is 3.64. The third-order valence-corrected chi connectivity index (χ3v) is 3.62. The van der Waals surface area contributed by atoms with E-state index in [4.69, 9.17) is 10.8 Å². The number of carboxylic acids is 1. The fourth-order valence-corrected chi connectivity index (χ4v) is 2.41. The second kappa shape index (κ2) is 5.95. The SMILES string of the molecule is Cc1nc(-c2ccc(CN)cc2)sc1C(=O)O.Cl. The van der Waals surface area contributed by atoms with Gasteiger partial charge < -0.3 is 10.8 Å².